The number of rotatable bonds is 9. The third-order valence-electron chi connectivity index (χ3n) is 7.11. The molecule has 1 aliphatic heterocycles. The Morgan fingerprint density at radius 3 is 2.40 bits per heavy atom. The zero-order chi connectivity index (χ0) is 30.7. The van der Waals surface area contributed by atoms with Gasteiger partial charge in [0.1, 0.15) is 5.75 Å². The van der Waals surface area contributed by atoms with Crippen molar-refractivity contribution in [3.05, 3.63) is 72.2 Å². The number of anilines is 2. The quantitative estimate of drug-likeness (QED) is 0.265. The lowest BCUT2D eigenvalue weighted by atomic mass is 10.1. The van der Waals surface area contributed by atoms with Crippen LogP contribution in [0.3, 0.4) is 0 Å². The van der Waals surface area contributed by atoms with Gasteiger partial charge in [0.05, 0.1) is 24.4 Å². The topological polar surface area (TPSA) is 155 Å². The van der Waals surface area contributed by atoms with Crippen molar-refractivity contribution in [1.82, 2.24) is 24.2 Å². The van der Waals surface area contributed by atoms with Crippen molar-refractivity contribution >= 4 is 34.9 Å². The minimum absolute atomic E-state index is 0.0592. The fraction of sp³-hybridized carbons (Fsp3) is 0.276. The van der Waals surface area contributed by atoms with Crippen LogP contribution in [-0.4, -0.2) is 85.9 Å². The summed E-state index contributed by atoms with van der Waals surface area (Å²) >= 11 is 0. The van der Waals surface area contributed by atoms with E-state index >= 15 is 0 Å². The number of ether oxygens (including phenoxy) is 1. The van der Waals surface area contributed by atoms with Crippen LogP contribution in [0.4, 0.5) is 20.3 Å². The van der Waals surface area contributed by atoms with Crippen molar-refractivity contribution < 1.29 is 33.0 Å². The first-order valence-corrected chi connectivity index (χ1v) is 13.4. The summed E-state index contributed by atoms with van der Waals surface area (Å²) in [5.41, 5.74) is 9.67. The molecule has 2 aromatic heterocycles. The first kappa shape index (κ1) is 29.4. The van der Waals surface area contributed by atoms with E-state index < -0.39 is 31.0 Å². The Labute approximate surface area is 244 Å². The maximum absolute atomic E-state index is 13.3. The van der Waals surface area contributed by atoms with Crippen LogP contribution in [-0.2, 0) is 9.59 Å². The number of hydrogen-bond donors (Lipinski definition) is 3. The zero-order valence-electron chi connectivity index (χ0n) is 23.1. The Morgan fingerprint density at radius 1 is 1.05 bits per heavy atom. The molecule has 0 spiro atoms. The van der Waals surface area contributed by atoms with E-state index in [0.717, 1.165) is 16.8 Å². The monoisotopic (exact) mass is 593 g/mol. The van der Waals surface area contributed by atoms with Gasteiger partial charge in [-0.3, -0.25) is 18.8 Å². The van der Waals surface area contributed by atoms with Gasteiger partial charge >= 0.3 is 12.6 Å². The number of aromatic nitrogens is 3. The number of alkyl halides is 2. The van der Waals surface area contributed by atoms with E-state index in [0.29, 0.717) is 35.8 Å². The van der Waals surface area contributed by atoms with Gasteiger partial charge in [-0.1, -0.05) is 0 Å². The molecule has 1 saturated heterocycles. The van der Waals surface area contributed by atoms with Gasteiger partial charge < -0.3 is 30.7 Å². The molecule has 1 atom stereocenters. The number of carboxylic acid groups (broad SMARTS) is 1. The van der Waals surface area contributed by atoms with Crippen molar-refractivity contribution in [3.63, 3.8) is 0 Å². The van der Waals surface area contributed by atoms with Crippen LogP contribution < -0.4 is 15.8 Å². The number of nitrogens with one attached hydrogen (secondary N) is 1. The summed E-state index contributed by atoms with van der Waals surface area (Å²) in [5.74, 6) is -1.21. The molecule has 1 aliphatic rings. The van der Waals surface area contributed by atoms with E-state index in [-0.39, 0.29) is 24.7 Å². The highest BCUT2D eigenvalue weighted by molar-refractivity contribution is 5.96. The Balaban J connectivity index is 1.26. The summed E-state index contributed by atoms with van der Waals surface area (Å²) in [6, 6.07) is 10.5. The molecule has 5 rings (SSSR count). The lowest BCUT2D eigenvalue weighted by Crippen LogP contribution is -2.54. The molecule has 2 amide bonds. The normalized spacial score (nSPS) is 14.2. The lowest BCUT2D eigenvalue weighted by molar-refractivity contribution is -0.142. The largest absolute Gasteiger partial charge is 0.481 e. The van der Waals surface area contributed by atoms with Gasteiger partial charge in [-0.05, 0) is 55.0 Å². The minimum Gasteiger partial charge on any atom is -0.481 e. The number of carboxylic acids is 1. The number of carbonyl (C=O) groups is 3. The van der Waals surface area contributed by atoms with E-state index in [1.54, 1.807) is 47.8 Å². The second kappa shape index (κ2) is 12.4. The van der Waals surface area contributed by atoms with Crippen LogP contribution in [0.25, 0.3) is 16.9 Å². The van der Waals surface area contributed by atoms with Gasteiger partial charge in [-0.2, -0.15) is 8.78 Å². The molecule has 0 aliphatic carbocycles. The molecule has 3 heterocycles. The number of hydrogen-bond acceptors (Lipinski definition) is 8. The van der Waals surface area contributed by atoms with Crippen LogP contribution in [0, 0.1) is 6.92 Å². The molecule has 224 valence electrons. The first-order chi connectivity index (χ1) is 20.6. The average Bonchev–Trinajstić information content (AvgIpc) is 3.42. The van der Waals surface area contributed by atoms with Crippen LogP contribution >= 0.6 is 0 Å². The Hall–Kier alpha value is -5.11. The van der Waals surface area contributed by atoms with E-state index in [1.165, 1.54) is 17.0 Å². The van der Waals surface area contributed by atoms with Crippen molar-refractivity contribution in [2.24, 2.45) is 5.73 Å². The molecule has 1 fully saturated rings. The highest BCUT2D eigenvalue weighted by Crippen LogP contribution is 2.28. The smallest absolute Gasteiger partial charge is 0.387 e. The number of aliphatic carboxylic acids is 1. The zero-order valence-corrected chi connectivity index (χ0v) is 23.1. The third kappa shape index (κ3) is 6.54. The van der Waals surface area contributed by atoms with Gasteiger partial charge in [-0.25, -0.2) is 9.97 Å². The standard InChI is InChI=1S/C29H29F2N7O5/c1-17-14-19(4-7-21(17)27(41)36-10-12-37(13-11-36)28(42)22(32)15-24(39)40)35-25-26-34-16-23(38(26)9-8-33-25)18-2-5-20(6-3-18)43-29(30)31/h2-9,14,16,22,29H,10-13,15,32H2,1H3,(H,33,35)(H,39,40)/t22-/m0/s1. The molecule has 0 saturated carbocycles. The Bertz CT molecular complexity index is 1650. The number of nitrogens with zero attached hydrogens (tertiary/aromatic N) is 5. The number of imidazole rings is 1. The third-order valence-corrected chi connectivity index (χ3v) is 7.11. The molecule has 2 aromatic carbocycles. The van der Waals surface area contributed by atoms with E-state index in [9.17, 15) is 23.2 Å². The van der Waals surface area contributed by atoms with Gasteiger partial charge in [0.15, 0.2) is 11.5 Å². The van der Waals surface area contributed by atoms with Crippen molar-refractivity contribution in [2.75, 3.05) is 31.5 Å². The second-order valence-electron chi connectivity index (χ2n) is 9.99. The van der Waals surface area contributed by atoms with Crippen molar-refractivity contribution in [2.45, 2.75) is 26.0 Å². The molecule has 43 heavy (non-hydrogen) atoms. The minimum atomic E-state index is -2.90. The summed E-state index contributed by atoms with van der Waals surface area (Å²) in [7, 11) is 0. The first-order valence-electron chi connectivity index (χ1n) is 13.4. The van der Waals surface area contributed by atoms with Crippen LogP contribution in [0.2, 0.25) is 0 Å². The molecule has 0 radical (unpaired) electrons. The van der Waals surface area contributed by atoms with E-state index in [2.05, 4.69) is 20.0 Å². The lowest BCUT2D eigenvalue weighted by Gasteiger charge is -2.36. The molecule has 4 N–H and O–H groups in total. The van der Waals surface area contributed by atoms with E-state index in [4.69, 9.17) is 10.8 Å². The Kier molecular flexibility index (Phi) is 8.48. The molecule has 0 bridgehead atoms. The summed E-state index contributed by atoms with van der Waals surface area (Å²) < 4.78 is 31.2. The number of nitrogens with two attached hydrogens (primary N) is 1. The fourth-order valence-electron chi connectivity index (χ4n) is 4.96. The fourth-order valence-corrected chi connectivity index (χ4v) is 4.96. The molecule has 4 aromatic rings. The SMILES string of the molecule is Cc1cc(Nc2nccn3c(-c4ccc(OC(F)F)cc4)cnc23)ccc1C(=O)N1CCN(C(=O)[C@@H](N)CC(=O)O)CC1. The summed E-state index contributed by atoms with van der Waals surface area (Å²) in [6.07, 6.45) is 4.56. The van der Waals surface area contributed by atoms with Crippen molar-refractivity contribution in [3.8, 4) is 17.0 Å². The number of halogens is 2. The highest BCUT2D eigenvalue weighted by Gasteiger charge is 2.29. The summed E-state index contributed by atoms with van der Waals surface area (Å²) in [6.45, 7) is 0.0764. The molecular formula is C29H29F2N7O5. The molecule has 14 heteroatoms. The molecule has 12 nitrogen and oxygen atoms in total. The molecular weight excluding hydrogens is 564 g/mol. The number of fused-ring (bicyclic) bond motifs is 1. The average molecular weight is 594 g/mol. The summed E-state index contributed by atoms with van der Waals surface area (Å²) in [4.78, 5) is 48.6. The second-order valence-corrected chi connectivity index (χ2v) is 9.99. The summed E-state index contributed by atoms with van der Waals surface area (Å²) in [5, 5.41) is 12.1. The highest BCUT2D eigenvalue weighted by atomic mass is 19.3. The molecule has 0 unspecified atom stereocenters. The van der Waals surface area contributed by atoms with Crippen LogP contribution in [0.1, 0.15) is 22.3 Å². The van der Waals surface area contributed by atoms with Gasteiger partial charge in [0.25, 0.3) is 5.91 Å². The maximum atomic E-state index is 13.3. The predicted octanol–water partition coefficient (Wildman–Crippen LogP) is 3.14. The predicted molar refractivity (Wildman–Crippen MR) is 152 cm³/mol. The Morgan fingerprint density at radius 2 is 1.74 bits per heavy atom. The number of carbonyl (C=O) groups excluding carboxylic acids is 2. The van der Waals surface area contributed by atoms with Gasteiger partial charge in [-0.15, -0.1) is 0 Å². The van der Waals surface area contributed by atoms with Crippen LogP contribution in [0.15, 0.2) is 61.1 Å². The van der Waals surface area contributed by atoms with Gasteiger partial charge in [0.2, 0.25) is 5.91 Å². The van der Waals surface area contributed by atoms with Crippen LogP contribution in [0.5, 0.6) is 5.75 Å². The van der Waals surface area contributed by atoms with Gasteiger partial charge in [0, 0.05) is 55.4 Å². The van der Waals surface area contributed by atoms with Crippen molar-refractivity contribution in [1.29, 1.82) is 0 Å². The van der Waals surface area contributed by atoms with E-state index in [1.807, 2.05) is 17.4 Å². The number of amides is 2. The number of piperazine rings is 1. The maximum Gasteiger partial charge on any atom is 0.387 e. The number of aryl methyl sites for hydroxylation is 1. The number of benzene rings is 2.